The lowest BCUT2D eigenvalue weighted by Crippen LogP contribution is -2.59. The van der Waals surface area contributed by atoms with Crippen LogP contribution in [-0.4, -0.2) is 234 Å². The highest BCUT2D eigenvalue weighted by atomic mass is 16.5. The number of aromatic hydroxyl groups is 1. The van der Waals surface area contributed by atoms with Crippen molar-refractivity contribution >= 4 is 93.9 Å². The zero-order valence-electron chi connectivity index (χ0n) is 58.9. The number of aliphatic hydroxyl groups excluding tert-OH is 2. The maximum atomic E-state index is 13.8. The van der Waals surface area contributed by atoms with Gasteiger partial charge in [0.2, 0.25) is 59.1 Å². The molecule has 11 amide bonds. The monoisotopic (exact) mass is 1510 g/mol. The number of carboxylic acid groups (broad SMARTS) is 3. The fourth-order valence-electron chi connectivity index (χ4n) is 11.0. The van der Waals surface area contributed by atoms with Crippen LogP contribution >= 0.6 is 0 Å². The molecule has 6 rings (SSSR count). The van der Waals surface area contributed by atoms with Gasteiger partial charge in [-0.1, -0.05) is 0 Å². The molecule has 2 aromatic heterocycles. The number of fused-ring (bicyclic) bond motifs is 2. The molecular weight excluding hydrogens is 1420 g/mol. The van der Waals surface area contributed by atoms with Gasteiger partial charge in [0, 0.05) is 98.8 Å². The topological polar surface area (TPSA) is 613 Å². The number of nitrogens with two attached hydrogens (primary N) is 1. The number of nitrogens with zero attached hydrogens (tertiary/aromatic N) is 2. The molecule has 1 aliphatic carbocycles. The Morgan fingerprint density at radius 3 is 1.65 bits per heavy atom. The number of H-pyrrole nitrogens is 2. The van der Waals surface area contributed by atoms with Crippen molar-refractivity contribution in [3.63, 3.8) is 0 Å². The van der Waals surface area contributed by atoms with E-state index in [0.717, 1.165) is 6.92 Å². The van der Waals surface area contributed by atoms with Gasteiger partial charge in [0.1, 0.15) is 72.6 Å². The summed E-state index contributed by atoms with van der Waals surface area (Å²) in [6.45, 7) is 0.752. The van der Waals surface area contributed by atoms with E-state index in [4.69, 9.17) is 29.8 Å². The van der Waals surface area contributed by atoms with Gasteiger partial charge in [-0.05, 0) is 107 Å². The lowest BCUT2D eigenvalue weighted by molar-refractivity contribution is -0.138. The Morgan fingerprint density at radius 1 is 0.546 bits per heavy atom. The maximum absolute atomic E-state index is 13.8. The third kappa shape index (κ3) is 27.0. The average Bonchev–Trinajstić information content (AvgIpc) is 0.792. The number of hydrogen-bond acceptors (Lipinski definition) is 23. The lowest BCUT2D eigenvalue weighted by Gasteiger charge is -2.26. The SMILES string of the molecule is CC(=O)N[C@H](CCCC(=O)O)C(=O)N[C@H](Cc1c[nH]cn1)C(=O)NC(C(=O)NCCOCC(=O)N[C@H](CCCCNC(=O)c1ccc(C(=O)O)c(-c2c3ccc(=O)cc-3oc3cc(O)ccc23)c1)C(=O)NCCOCC(=O)N[C@@H](C(=O)N[C@H](Cc1c[nH]cn1)C(=O)N[C@H](CCCC(=O)O)C(N)=O)[C@H](C)O)[C@H](C)O. The minimum atomic E-state index is -1.70. The maximum Gasteiger partial charge on any atom is 0.336 e. The highest BCUT2D eigenvalue weighted by Gasteiger charge is 2.35. The fraction of sp³-hybridized carbons (Fsp3) is 0.435. The second-order valence-corrected chi connectivity index (χ2v) is 24.9. The smallest absolute Gasteiger partial charge is 0.336 e. The zero-order chi connectivity index (χ0) is 79.1. The minimum Gasteiger partial charge on any atom is -0.508 e. The Hall–Kier alpha value is -12.2. The number of unbranched alkanes of at least 4 members (excludes halogenated alkanes) is 1. The zero-order valence-corrected chi connectivity index (χ0v) is 58.9. The molecule has 1 unspecified atom stereocenters. The molecule has 0 spiro atoms. The highest BCUT2D eigenvalue weighted by Crippen LogP contribution is 2.42. The van der Waals surface area contributed by atoms with Crippen LogP contribution in [0.4, 0.5) is 0 Å². The van der Waals surface area contributed by atoms with Gasteiger partial charge in [-0.15, -0.1) is 0 Å². The number of aromatic carboxylic acids is 1. The number of imidazole rings is 2. The van der Waals surface area contributed by atoms with E-state index >= 15 is 0 Å². The Kier molecular flexibility index (Phi) is 33.0. The predicted molar refractivity (Wildman–Crippen MR) is 376 cm³/mol. The van der Waals surface area contributed by atoms with E-state index in [2.05, 4.69) is 73.1 Å². The van der Waals surface area contributed by atoms with Crippen molar-refractivity contribution in [2.45, 2.75) is 146 Å². The molecular formula is C69H87N15O24. The number of phenolic OH excluding ortho intramolecular Hbond substituents is 1. The molecule has 0 fully saturated rings. The minimum absolute atomic E-state index is 0.00764. The van der Waals surface area contributed by atoms with Crippen molar-refractivity contribution in [1.29, 1.82) is 0 Å². The molecule has 3 heterocycles. The molecule has 108 heavy (non-hydrogen) atoms. The van der Waals surface area contributed by atoms with Gasteiger partial charge in [0.05, 0.1) is 55.0 Å². The number of phenols is 1. The van der Waals surface area contributed by atoms with Gasteiger partial charge in [0.15, 0.2) is 5.43 Å². The summed E-state index contributed by atoms with van der Waals surface area (Å²) >= 11 is 0. The van der Waals surface area contributed by atoms with E-state index in [0.29, 0.717) is 22.2 Å². The van der Waals surface area contributed by atoms with Crippen LogP contribution in [0.2, 0.25) is 0 Å². The molecule has 0 saturated carbocycles. The summed E-state index contributed by atoms with van der Waals surface area (Å²) in [6, 6.07) is 1.82. The Morgan fingerprint density at radius 2 is 1.08 bits per heavy atom. The van der Waals surface area contributed by atoms with Crippen LogP contribution in [0.25, 0.3) is 33.4 Å². The Balaban J connectivity index is 1.07. The number of ether oxygens (including phenoxy) is 2. The normalized spacial score (nSPS) is 13.6. The number of nitrogens with one attached hydrogen (secondary N) is 12. The molecule has 1 aliphatic heterocycles. The summed E-state index contributed by atoms with van der Waals surface area (Å²) in [6.07, 6.45) is 1.18. The van der Waals surface area contributed by atoms with Crippen LogP contribution < -0.4 is 64.3 Å². The molecule has 39 heteroatoms. The first-order valence-electron chi connectivity index (χ1n) is 34.1. The van der Waals surface area contributed by atoms with Gasteiger partial charge < -0.3 is 113 Å². The summed E-state index contributed by atoms with van der Waals surface area (Å²) in [5.41, 5.74) is 6.27. The first-order valence-corrected chi connectivity index (χ1v) is 34.1. The Bertz CT molecular complexity index is 4180. The van der Waals surface area contributed by atoms with Crippen LogP contribution in [-0.2, 0) is 79.8 Å². The average molecular weight is 1510 g/mol. The van der Waals surface area contributed by atoms with Gasteiger partial charge in [0.25, 0.3) is 5.91 Å². The molecule has 0 bridgehead atoms. The number of aliphatic carboxylic acids is 2. The first-order chi connectivity index (χ1) is 51.4. The number of aromatic amines is 2. The number of benzene rings is 3. The first kappa shape index (κ1) is 84.7. The summed E-state index contributed by atoms with van der Waals surface area (Å²) in [7, 11) is 0. The molecule has 9 atom stereocenters. The van der Waals surface area contributed by atoms with Crippen LogP contribution in [0.1, 0.15) is 111 Å². The molecule has 0 saturated heterocycles. The number of carboxylic acids is 3. The van der Waals surface area contributed by atoms with Gasteiger partial charge in [-0.25, -0.2) is 14.8 Å². The largest absolute Gasteiger partial charge is 0.508 e. The molecule has 0 radical (unpaired) electrons. The van der Waals surface area contributed by atoms with Crippen molar-refractivity contribution in [3.05, 3.63) is 112 Å². The van der Waals surface area contributed by atoms with Gasteiger partial charge in [-0.2, -0.15) is 0 Å². The summed E-state index contributed by atoms with van der Waals surface area (Å²) in [5.74, 6) is -13.2. The molecule has 2 aromatic carbocycles. The molecule has 4 aromatic rings. The number of primary amides is 1. The van der Waals surface area contributed by atoms with Crippen molar-refractivity contribution in [2.75, 3.05) is 46.1 Å². The van der Waals surface area contributed by atoms with E-state index < -0.39 is 156 Å². The summed E-state index contributed by atoms with van der Waals surface area (Å²) in [4.78, 5) is 207. The lowest BCUT2D eigenvalue weighted by atomic mass is 9.89. The number of amides is 11. The van der Waals surface area contributed by atoms with Crippen LogP contribution in [0.5, 0.6) is 5.75 Å². The van der Waals surface area contributed by atoms with E-state index in [1.54, 1.807) is 0 Å². The fourth-order valence-corrected chi connectivity index (χ4v) is 11.0. The van der Waals surface area contributed by atoms with E-state index in [1.807, 2.05) is 0 Å². The molecule has 20 N–H and O–H groups in total. The standard InChI is InChI=1S/C69H87N15O24/c1-35(85)59(84-66(101)51(26-40-30-72-34-77-40)81-64(99)49(78-37(3)87)10-7-12-57(94)95)67(102)75-21-23-106-31-54(90)79-48(8-4-5-19-73-62(97)38-13-16-43(69(104)105)46(24-38)58-44-17-14-41(88)27-52(44)108-53-28-42(89)15-18-45(53)58)63(98)74-20-22-107-32-55(91)83-60(36(2)86)68(103)82-50(25-39-29-71-33-76-39)65(100)80-47(61(70)96)9-6-11-56(92)93/h13-18,24,27-30,33-36,47-51,59-60,85-86,88H,4-12,19-23,25-26,31-32H2,1-3H3,(H2,70,96)(H,71,76)(H,72,77)(H,73,97)(H,74,98)(H,75,102)(H,78,87)(H,79,90)(H,80,100)(H,81,99)(H,82,103)(H,83,91)(H,84,101)(H,92,93)(H,94,95)(H,104,105)/t35-,36-,47+,48+,49+,50+,51+,59?,60+/m0/s1. The highest BCUT2D eigenvalue weighted by molar-refractivity contribution is 6.09. The predicted octanol–water partition coefficient (Wildman–Crippen LogP) is -2.76. The third-order valence-electron chi connectivity index (χ3n) is 16.3. The molecule has 2 aliphatic rings. The molecule has 582 valence electrons. The number of aliphatic hydroxyl groups is 2. The van der Waals surface area contributed by atoms with Gasteiger partial charge in [-0.3, -0.25) is 67.1 Å². The quantitative estimate of drug-likeness (QED) is 0.0136. The van der Waals surface area contributed by atoms with E-state index in [-0.39, 0.29) is 143 Å². The number of hydrogen-bond donors (Lipinski definition) is 19. The second-order valence-electron chi connectivity index (χ2n) is 24.9. The van der Waals surface area contributed by atoms with Gasteiger partial charge >= 0.3 is 17.9 Å². The van der Waals surface area contributed by atoms with Crippen molar-refractivity contribution in [2.24, 2.45) is 5.73 Å². The van der Waals surface area contributed by atoms with Crippen molar-refractivity contribution in [3.8, 4) is 28.2 Å². The number of rotatable bonds is 46. The second kappa shape index (κ2) is 42.1. The molecule has 39 nitrogen and oxygen atoms in total. The van der Waals surface area contributed by atoms with Crippen molar-refractivity contribution in [1.82, 2.24) is 73.1 Å². The van der Waals surface area contributed by atoms with Crippen molar-refractivity contribution < 1.29 is 112 Å². The number of carbonyl (C=O) groups excluding carboxylic acids is 11. The van der Waals surface area contributed by atoms with E-state index in [9.17, 15) is 92.3 Å². The summed E-state index contributed by atoms with van der Waals surface area (Å²) < 4.78 is 16.9. The number of carbonyl (C=O) groups is 14. The van der Waals surface area contributed by atoms with Crippen LogP contribution in [0, 0.1) is 0 Å². The Labute approximate surface area is 614 Å². The number of aromatic nitrogens is 4. The van der Waals surface area contributed by atoms with Crippen LogP contribution in [0.3, 0.4) is 0 Å². The third-order valence-corrected chi connectivity index (χ3v) is 16.3. The van der Waals surface area contributed by atoms with Crippen LogP contribution in [0.15, 0.2) is 88.9 Å². The van der Waals surface area contributed by atoms with E-state index in [1.165, 1.54) is 93.5 Å². The summed E-state index contributed by atoms with van der Waals surface area (Å²) in [5, 5.41) is 85.2.